The van der Waals surface area contributed by atoms with Gasteiger partial charge in [-0.3, -0.25) is 4.79 Å². The lowest BCUT2D eigenvalue weighted by Gasteiger charge is -2.09. The highest BCUT2D eigenvalue weighted by atomic mass is 79.9. The number of hydrogen-bond acceptors (Lipinski definition) is 1. The summed E-state index contributed by atoms with van der Waals surface area (Å²) < 4.78 is 15.7. The fourth-order valence-electron chi connectivity index (χ4n) is 2.05. The van der Waals surface area contributed by atoms with E-state index in [0.717, 1.165) is 12.8 Å². The lowest BCUT2D eigenvalue weighted by Crippen LogP contribution is -2.16. The molecule has 20 heavy (non-hydrogen) atoms. The van der Waals surface area contributed by atoms with E-state index in [1.807, 2.05) is 4.57 Å². The zero-order chi connectivity index (χ0) is 14.3. The normalized spacial score (nSPS) is 14.3. The first kappa shape index (κ1) is 13.6. The van der Waals surface area contributed by atoms with Gasteiger partial charge < -0.3 is 9.88 Å². The van der Waals surface area contributed by atoms with Crippen LogP contribution in [0.3, 0.4) is 0 Å². The van der Waals surface area contributed by atoms with Gasteiger partial charge in [0, 0.05) is 17.9 Å². The fraction of sp³-hybridized carbons (Fsp3) is 0.214. The van der Waals surface area contributed by atoms with Crippen molar-refractivity contribution in [1.82, 2.24) is 4.57 Å². The van der Waals surface area contributed by atoms with E-state index in [0.29, 0.717) is 26.9 Å². The van der Waals surface area contributed by atoms with Crippen LogP contribution in [0.4, 0.5) is 10.1 Å². The third-order valence-electron chi connectivity index (χ3n) is 3.17. The summed E-state index contributed by atoms with van der Waals surface area (Å²) in [5.41, 5.74) is 0.913. The first-order valence-corrected chi connectivity index (χ1v) is 7.35. The molecule has 1 heterocycles. The summed E-state index contributed by atoms with van der Waals surface area (Å²) in [6.45, 7) is 0. The lowest BCUT2D eigenvalue weighted by molar-refractivity contribution is 0.101. The van der Waals surface area contributed by atoms with Crippen LogP contribution in [-0.2, 0) is 0 Å². The second-order valence-corrected chi connectivity index (χ2v) is 6.06. The number of nitrogens with one attached hydrogen (secondary N) is 1. The van der Waals surface area contributed by atoms with Crippen molar-refractivity contribution >= 4 is 39.1 Å². The zero-order valence-corrected chi connectivity index (χ0v) is 12.7. The highest BCUT2D eigenvalue weighted by molar-refractivity contribution is 9.10. The molecule has 1 fully saturated rings. The van der Waals surface area contributed by atoms with Crippen LogP contribution in [-0.4, -0.2) is 10.5 Å². The van der Waals surface area contributed by atoms with Gasteiger partial charge in [-0.15, -0.1) is 0 Å². The van der Waals surface area contributed by atoms with Gasteiger partial charge in [-0.1, -0.05) is 11.6 Å². The van der Waals surface area contributed by atoms with E-state index in [2.05, 4.69) is 21.2 Å². The van der Waals surface area contributed by atoms with Gasteiger partial charge in [-0.05, 0) is 53.0 Å². The number of aromatic nitrogens is 1. The maximum Gasteiger partial charge on any atom is 0.272 e. The molecular weight excluding hydrogens is 347 g/mol. The number of anilines is 1. The SMILES string of the molecule is O=C(Nc1ccc(Br)c(F)c1)c1cc(Cl)cn1C1CC1. The van der Waals surface area contributed by atoms with Gasteiger partial charge in [0.05, 0.1) is 9.50 Å². The quantitative estimate of drug-likeness (QED) is 0.854. The van der Waals surface area contributed by atoms with E-state index in [4.69, 9.17) is 11.6 Å². The molecule has 1 aliphatic carbocycles. The minimum Gasteiger partial charge on any atom is -0.339 e. The van der Waals surface area contributed by atoms with Crippen molar-refractivity contribution < 1.29 is 9.18 Å². The molecule has 0 radical (unpaired) electrons. The molecule has 1 aromatic heterocycles. The Balaban J connectivity index is 1.84. The van der Waals surface area contributed by atoms with Crippen molar-refractivity contribution in [3.63, 3.8) is 0 Å². The number of benzene rings is 1. The van der Waals surface area contributed by atoms with Crippen LogP contribution in [0.1, 0.15) is 29.4 Å². The van der Waals surface area contributed by atoms with Gasteiger partial charge >= 0.3 is 0 Å². The van der Waals surface area contributed by atoms with Crippen LogP contribution in [0, 0.1) is 5.82 Å². The molecule has 0 bridgehead atoms. The largest absolute Gasteiger partial charge is 0.339 e. The highest BCUT2D eigenvalue weighted by Gasteiger charge is 2.27. The van der Waals surface area contributed by atoms with E-state index >= 15 is 0 Å². The third-order valence-corrected chi connectivity index (χ3v) is 4.02. The van der Waals surface area contributed by atoms with Crippen molar-refractivity contribution in [1.29, 1.82) is 0 Å². The number of hydrogen-bond donors (Lipinski definition) is 1. The van der Waals surface area contributed by atoms with Gasteiger partial charge in [0.25, 0.3) is 5.91 Å². The number of nitrogens with zero attached hydrogens (tertiary/aromatic N) is 1. The Morgan fingerprint density at radius 3 is 2.80 bits per heavy atom. The summed E-state index contributed by atoms with van der Waals surface area (Å²) in [6.07, 6.45) is 3.87. The number of carbonyl (C=O) groups excluding carboxylic acids is 1. The van der Waals surface area contributed by atoms with Crippen LogP contribution in [0.5, 0.6) is 0 Å². The molecule has 1 N–H and O–H groups in total. The third kappa shape index (κ3) is 2.74. The standard InChI is InChI=1S/C14H11BrClFN2O/c15-11-4-1-9(6-12(11)17)18-14(20)13-5-8(16)7-19(13)10-2-3-10/h1,4-7,10H,2-3H2,(H,18,20). The molecule has 0 saturated heterocycles. The Labute approximate surface area is 128 Å². The van der Waals surface area contributed by atoms with Gasteiger partial charge in [0.2, 0.25) is 0 Å². The van der Waals surface area contributed by atoms with E-state index in [-0.39, 0.29) is 5.91 Å². The van der Waals surface area contributed by atoms with Crippen molar-refractivity contribution in [3.05, 3.63) is 51.5 Å². The topological polar surface area (TPSA) is 34.0 Å². The number of rotatable bonds is 3. The van der Waals surface area contributed by atoms with Crippen LogP contribution >= 0.6 is 27.5 Å². The first-order chi connectivity index (χ1) is 9.54. The van der Waals surface area contributed by atoms with Gasteiger partial charge in [0.15, 0.2) is 0 Å². The molecule has 1 aliphatic rings. The summed E-state index contributed by atoms with van der Waals surface area (Å²) in [7, 11) is 0. The summed E-state index contributed by atoms with van der Waals surface area (Å²) in [6, 6.07) is 6.44. The van der Waals surface area contributed by atoms with Crippen molar-refractivity contribution in [2.45, 2.75) is 18.9 Å². The molecule has 0 unspecified atom stereocenters. The molecule has 1 saturated carbocycles. The maximum absolute atomic E-state index is 13.4. The molecule has 0 aliphatic heterocycles. The minimum absolute atomic E-state index is 0.287. The average Bonchev–Trinajstić information content (AvgIpc) is 3.17. The van der Waals surface area contributed by atoms with E-state index in [9.17, 15) is 9.18 Å². The molecule has 3 nitrogen and oxygen atoms in total. The van der Waals surface area contributed by atoms with Crippen LogP contribution < -0.4 is 5.32 Å². The summed E-state index contributed by atoms with van der Waals surface area (Å²) in [5, 5.41) is 3.21. The van der Waals surface area contributed by atoms with E-state index in [1.54, 1.807) is 24.4 Å². The molecule has 1 amide bonds. The van der Waals surface area contributed by atoms with Gasteiger partial charge in [-0.2, -0.15) is 0 Å². The van der Waals surface area contributed by atoms with Crippen LogP contribution in [0.2, 0.25) is 5.02 Å². The molecule has 3 rings (SSSR count). The summed E-state index contributed by atoms with van der Waals surface area (Å²) >= 11 is 9.04. The molecule has 104 valence electrons. The van der Waals surface area contributed by atoms with E-state index < -0.39 is 5.82 Å². The second-order valence-electron chi connectivity index (χ2n) is 4.77. The number of halogens is 3. The number of amides is 1. The van der Waals surface area contributed by atoms with Gasteiger partial charge in [-0.25, -0.2) is 4.39 Å². The van der Waals surface area contributed by atoms with Crippen LogP contribution in [0.25, 0.3) is 0 Å². The summed E-state index contributed by atoms with van der Waals surface area (Å²) in [4.78, 5) is 12.3. The Morgan fingerprint density at radius 2 is 2.15 bits per heavy atom. The first-order valence-electron chi connectivity index (χ1n) is 6.18. The van der Waals surface area contributed by atoms with Gasteiger partial charge in [0.1, 0.15) is 11.5 Å². The molecule has 2 aromatic rings. The average molecular weight is 358 g/mol. The zero-order valence-electron chi connectivity index (χ0n) is 10.4. The fourth-order valence-corrected chi connectivity index (χ4v) is 2.51. The molecular formula is C14H11BrClFN2O. The molecule has 6 heteroatoms. The van der Waals surface area contributed by atoms with Crippen molar-refractivity contribution in [2.24, 2.45) is 0 Å². The molecule has 1 aromatic carbocycles. The maximum atomic E-state index is 13.4. The second kappa shape index (κ2) is 5.22. The monoisotopic (exact) mass is 356 g/mol. The minimum atomic E-state index is -0.418. The number of carbonyl (C=O) groups is 1. The van der Waals surface area contributed by atoms with Crippen molar-refractivity contribution in [2.75, 3.05) is 5.32 Å². The Morgan fingerprint density at radius 1 is 1.40 bits per heavy atom. The Bertz CT molecular complexity index is 682. The predicted octanol–water partition coefficient (Wildman–Crippen LogP) is 4.63. The molecule has 0 atom stereocenters. The predicted molar refractivity (Wildman–Crippen MR) is 79.8 cm³/mol. The Hall–Kier alpha value is -1.33. The lowest BCUT2D eigenvalue weighted by atomic mass is 10.3. The highest BCUT2D eigenvalue weighted by Crippen LogP contribution is 2.37. The van der Waals surface area contributed by atoms with Crippen LogP contribution in [0.15, 0.2) is 34.9 Å². The molecule has 0 spiro atoms. The Kier molecular flexibility index (Phi) is 3.56. The van der Waals surface area contributed by atoms with E-state index in [1.165, 1.54) is 6.07 Å². The van der Waals surface area contributed by atoms with Crippen molar-refractivity contribution in [3.8, 4) is 0 Å². The summed E-state index contributed by atoms with van der Waals surface area (Å²) in [5.74, 6) is -0.705. The smallest absolute Gasteiger partial charge is 0.272 e.